The molecule has 2 aliphatic rings. The summed E-state index contributed by atoms with van der Waals surface area (Å²) < 4.78 is 0. The number of hydrogen-bond acceptors (Lipinski definition) is 0. The van der Waals surface area contributed by atoms with Gasteiger partial charge in [0, 0.05) is 9.52 Å². The molecule has 1 unspecified atom stereocenters. The van der Waals surface area contributed by atoms with Crippen LogP contribution < -0.4 is 0 Å². The van der Waals surface area contributed by atoms with Gasteiger partial charge in [-0.1, -0.05) is 78.3 Å². The van der Waals surface area contributed by atoms with Gasteiger partial charge < -0.3 is 5.73 Å². The van der Waals surface area contributed by atoms with Crippen molar-refractivity contribution >= 4 is 9.52 Å². The van der Waals surface area contributed by atoms with Crippen LogP contribution in [0.15, 0.2) is 16.7 Å². The van der Waals surface area contributed by atoms with Crippen LogP contribution >= 0.6 is 0 Å². The molecule has 0 amide bonds. The maximum atomic E-state index is 7.41. The molecular weight excluding hydrogens is 306 g/mol. The van der Waals surface area contributed by atoms with Crippen LogP contribution in [0.1, 0.15) is 66.2 Å². The van der Waals surface area contributed by atoms with Crippen molar-refractivity contribution in [3.05, 3.63) is 28.5 Å². The van der Waals surface area contributed by atoms with Crippen molar-refractivity contribution in [3.63, 3.8) is 0 Å². The van der Waals surface area contributed by atoms with E-state index in [1.54, 1.807) is 0 Å². The van der Waals surface area contributed by atoms with Crippen molar-refractivity contribution in [2.75, 3.05) is 0 Å². The summed E-state index contributed by atoms with van der Waals surface area (Å²) in [7, 11) is 0.750. The molecular formula is C18H34NSiTi. The topological polar surface area (TPSA) is 23.8 Å². The zero-order valence-corrected chi connectivity index (χ0v) is 17.7. The molecule has 0 heterocycles. The summed E-state index contributed by atoms with van der Waals surface area (Å²) in [5, 5.41) is 0. The Morgan fingerprint density at radius 1 is 1.00 bits per heavy atom. The molecule has 1 atom stereocenters. The summed E-state index contributed by atoms with van der Waals surface area (Å²) in [6, 6.07) is 0.275. The zero-order valence-electron chi connectivity index (χ0n) is 15.0. The van der Waals surface area contributed by atoms with Crippen LogP contribution in [-0.2, 0) is 21.7 Å². The maximum absolute atomic E-state index is 7.41. The molecule has 0 spiro atoms. The van der Waals surface area contributed by atoms with E-state index >= 15 is 0 Å². The van der Waals surface area contributed by atoms with E-state index in [2.05, 4.69) is 46.9 Å². The van der Waals surface area contributed by atoms with Gasteiger partial charge in [0.05, 0.1) is 0 Å². The molecule has 3 heteroatoms. The van der Waals surface area contributed by atoms with Gasteiger partial charge in [0.15, 0.2) is 0 Å². The molecule has 0 bridgehead atoms. The quantitative estimate of drug-likeness (QED) is 0.293. The van der Waals surface area contributed by atoms with Crippen molar-refractivity contribution in [2.45, 2.75) is 85.4 Å². The van der Waals surface area contributed by atoms with E-state index in [9.17, 15) is 0 Å². The molecule has 21 heavy (non-hydrogen) atoms. The Morgan fingerprint density at radius 3 is 1.67 bits per heavy atom. The predicted octanol–water partition coefficient (Wildman–Crippen LogP) is 6.00. The number of rotatable bonds is 0. The van der Waals surface area contributed by atoms with Gasteiger partial charge in [-0.3, -0.25) is 6.08 Å². The molecule has 1 radical (unpaired) electrons. The summed E-state index contributed by atoms with van der Waals surface area (Å²) >= 11 is 0. The van der Waals surface area contributed by atoms with E-state index in [-0.39, 0.29) is 27.8 Å². The Balaban J connectivity index is 0. The molecule has 1 N–H and O–H groups in total. The van der Waals surface area contributed by atoms with Crippen LogP contribution in [0.25, 0.3) is 5.73 Å². The standard InChI is InChI=1S/C9H13.C7H14N.C2H7Si.Ti/c1-6-5-7(2)9(4)8(6)3;8-7-5-3-1-2-4-6-7;1-3-2;/h6H,1-4H3;7-8H,1-6H2;3H,1-2H3;/q2*-1;;+2. The smallest absolute Gasteiger partial charge is 0.675 e. The summed E-state index contributed by atoms with van der Waals surface area (Å²) in [4.78, 5) is 0. The average molecular weight is 340 g/mol. The molecule has 2 aliphatic carbocycles. The molecule has 0 saturated heterocycles. The summed E-state index contributed by atoms with van der Waals surface area (Å²) in [5.41, 5.74) is 11.7. The minimum Gasteiger partial charge on any atom is -0.675 e. The minimum absolute atomic E-state index is 0. The molecule has 1 nitrogen and oxygen atoms in total. The first-order chi connectivity index (χ1) is 9.43. The van der Waals surface area contributed by atoms with E-state index in [0.29, 0.717) is 5.92 Å². The van der Waals surface area contributed by atoms with Gasteiger partial charge in [-0.25, -0.2) is 5.57 Å². The van der Waals surface area contributed by atoms with E-state index in [4.69, 9.17) is 5.73 Å². The van der Waals surface area contributed by atoms with Crippen LogP contribution in [0.3, 0.4) is 0 Å². The Bertz CT molecular complexity index is 315. The van der Waals surface area contributed by atoms with Crippen molar-refractivity contribution in [1.29, 1.82) is 0 Å². The van der Waals surface area contributed by atoms with Crippen LogP contribution in [-0.4, -0.2) is 15.6 Å². The Hall–Kier alpha value is 0.371. The summed E-state index contributed by atoms with van der Waals surface area (Å²) in [5.74, 6) is 0.560. The van der Waals surface area contributed by atoms with Gasteiger partial charge in [0.25, 0.3) is 0 Å². The van der Waals surface area contributed by atoms with Crippen molar-refractivity contribution in [3.8, 4) is 0 Å². The first kappa shape index (κ1) is 23.6. The van der Waals surface area contributed by atoms with Gasteiger partial charge in [0.2, 0.25) is 0 Å². The molecule has 0 aromatic heterocycles. The fourth-order valence-corrected chi connectivity index (χ4v) is 2.44. The molecule has 2 rings (SSSR count). The summed E-state index contributed by atoms with van der Waals surface area (Å²) in [6.45, 7) is 13.1. The molecule has 1 saturated carbocycles. The van der Waals surface area contributed by atoms with E-state index in [1.807, 2.05) is 0 Å². The second-order valence-electron chi connectivity index (χ2n) is 6.06. The van der Waals surface area contributed by atoms with Crippen LogP contribution in [0, 0.1) is 12.0 Å². The largest absolute Gasteiger partial charge is 2.00 e. The van der Waals surface area contributed by atoms with Crippen molar-refractivity contribution in [1.82, 2.24) is 0 Å². The number of hydrogen-bond donors (Lipinski definition) is 0. The second kappa shape index (κ2) is 14.0. The Kier molecular flexibility index (Phi) is 15.8. The van der Waals surface area contributed by atoms with Gasteiger partial charge in [-0.15, -0.1) is 13.0 Å². The van der Waals surface area contributed by atoms with E-state index < -0.39 is 0 Å². The van der Waals surface area contributed by atoms with Crippen LogP contribution in [0.2, 0.25) is 13.1 Å². The minimum atomic E-state index is 0. The third kappa shape index (κ3) is 10.7. The fraction of sp³-hybridized carbons (Fsp3) is 0.778. The van der Waals surface area contributed by atoms with Gasteiger partial charge >= 0.3 is 21.7 Å². The maximum Gasteiger partial charge on any atom is 2.00 e. The number of allylic oxidation sites excluding steroid dienone is 4. The van der Waals surface area contributed by atoms with Crippen LogP contribution in [0.5, 0.6) is 0 Å². The predicted molar refractivity (Wildman–Crippen MR) is 94.7 cm³/mol. The molecule has 0 aromatic rings. The van der Waals surface area contributed by atoms with Gasteiger partial charge in [-0.05, 0) is 0 Å². The SMILES string of the molecule is CC1=[C-]C(C)C(C)=C1C.C[SiH]C.[NH-]C1CCCCCC1.[Ti+2]. The van der Waals surface area contributed by atoms with Gasteiger partial charge in [-0.2, -0.15) is 11.1 Å². The van der Waals surface area contributed by atoms with Crippen molar-refractivity contribution in [2.24, 2.45) is 5.92 Å². The Morgan fingerprint density at radius 2 is 1.43 bits per heavy atom. The van der Waals surface area contributed by atoms with E-state index in [1.165, 1.54) is 42.4 Å². The zero-order chi connectivity index (χ0) is 15.5. The normalized spacial score (nSPS) is 22.0. The monoisotopic (exact) mass is 340 g/mol. The van der Waals surface area contributed by atoms with Gasteiger partial charge in [0.1, 0.15) is 0 Å². The fourth-order valence-electron chi connectivity index (χ4n) is 2.44. The average Bonchev–Trinajstić information content (AvgIpc) is 2.62. The van der Waals surface area contributed by atoms with Crippen LogP contribution in [0.4, 0.5) is 0 Å². The first-order valence-corrected chi connectivity index (χ1v) is 10.5. The molecule has 0 aromatic carbocycles. The third-order valence-corrected chi connectivity index (χ3v) is 4.09. The van der Waals surface area contributed by atoms with E-state index in [0.717, 1.165) is 22.4 Å². The number of nitrogens with one attached hydrogen (secondary N) is 1. The Labute approximate surface area is 150 Å². The first-order valence-electron chi connectivity index (χ1n) is 8.16. The summed E-state index contributed by atoms with van der Waals surface area (Å²) in [6.07, 6.45) is 11.0. The molecule has 1 fully saturated rings. The molecule has 0 aliphatic heterocycles. The third-order valence-electron chi connectivity index (χ3n) is 4.09. The van der Waals surface area contributed by atoms with Crippen molar-refractivity contribution < 1.29 is 21.7 Å². The molecule has 119 valence electrons. The second-order valence-corrected chi connectivity index (χ2v) is 7.22.